The first-order valence-corrected chi connectivity index (χ1v) is 7.61. The van der Waals surface area contributed by atoms with Crippen LogP contribution < -0.4 is 10.5 Å². The van der Waals surface area contributed by atoms with Crippen molar-refractivity contribution in [2.75, 3.05) is 6.61 Å². The van der Waals surface area contributed by atoms with Gasteiger partial charge in [-0.3, -0.25) is 0 Å². The minimum absolute atomic E-state index is 0.0476. The molecule has 0 aliphatic rings. The molecule has 2 aromatic carbocycles. The molecule has 130 valence electrons. The molecule has 0 bridgehead atoms. The highest BCUT2D eigenvalue weighted by molar-refractivity contribution is 6.42. The number of hydrogen-bond acceptors (Lipinski definition) is 3. The molecule has 0 radical (unpaired) electrons. The molecule has 8 heteroatoms. The zero-order chi connectivity index (χ0) is 17.9. The van der Waals surface area contributed by atoms with E-state index in [1.165, 1.54) is 24.3 Å². The van der Waals surface area contributed by atoms with E-state index in [4.69, 9.17) is 28.9 Å². The molecule has 2 rings (SSSR count). The molecule has 0 unspecified atom stereocenters. The second-order valence-corrected chi connectivity index (χ2v) is 5.93. The molecule has 0 spiro atoms. The number of rotatable bonds is 5. The van der Waals surface area contributed by atoms with E-state index in [-0.39, 0.29) is 5.75 Å². The van der Waals surface area contributed by atoms with Crippen molar-refractivity contribution in [3.8, 4) is 5.75 Å². The number of aliphatic hydroxyl groups excluding tert-OH is 1. The fraction of sp³-hybridized carbons (Fsp3) is 0.250. The number of benzene rings is 2. The molecule has 24 heavy (non-hydrogen) atoms. The Morgan fingerprint density at radius 2 is 1.58 bits per heavy atom. The van der Waals surface area contributed by atoms with Crippen LogP contribution >= 0.6 is 23.2 Å². The largest absolute Gasteiger partial charge is 0.484 e. The van der Waals surface area contributed by atoms with Crippen molar-refractivity contribution >= 4 is 23.2 Å². The van der Waals surface area contributed by atoms with E-state index in [9.17, 15) is 18.3 Å². The molecule has 2 aromatic rings. The molecule has 0 heterocycles. The fourth-order valence-corrected chi connectivity index (χ4v) is 2.34. The minimum atomic E-state index is -4.41. The summed E-state index contributed by atoms with van der Waals surface area (Å²) in [4.78, 5) is 0. The van der Waals surface area contributed by atoms with Crippen LogP contribution in [0.25, 0.3) is 0 Å². The minimum Gasteiger partial charge on any atom is -0.484 e. The first-order chi connectivity index (χ1) is 11.2. The molecule has 2 atom stereocenters. The van der Waals surface area contributed by atoms with Gasteiger partial charge >= 0.3 is 6.18 Å². The van der Waals surface area contributed by atoms with Gasteiger partial charge < -0.3 is 15.6 Å². The van der Waals surface area contributed by atoms with Gasteiger partial charge in [0.2, 0.25) is 0 Å². The Labute approximate surface area is 146 Å². The number of nitrogens with two attached hydrogens (primary N) is 1. The number of hydrogen-bond donors (Lipinski definition) is 2. The molecule has 0 aliphatic carbocycles. The second kappa shape index (κ2) is 7.61. The van der Waals surface area contributed by atoms with Crippen molar-refractivity contribution in [3.63, 3.8) is 0 Å². The lowest BCUT2D eigenvalue weighted by molar-refractivity contribution is -0.153. The quantitative estimate of drug-likeness (QED) is 0.793. The summed E-state index contributed by atoms with van der Waals surface area (Å²) in [6.45, 7) is -1.38. The Bertz CT molecular complexity index is 693. The molecule has 0 saturated carbocycles. The Balaban J connectivity index is 2.08. The van der Waals surface area contributed by atoms with Crippen molar-refractivity contribution in [1.82, 2.24) is 0 Å². The van der Waals surface area contributed by atoms with Crippen LogP contribution in [0.1, 0.15) is 23.3 Å². The van der Waals surface area contributed by atoms with Crippen LogP contribution in [-0.4, -0.2) is 17.9 Å². The Kier molecular flexibility index (Phi) is 5.98. The van der Waals surface area contributed by atoms with E-state index in [1.54, 1.807) is 18.2 Å². The standard InChI is InChI=1S/C16H14Cl2F3NO2/c17-12-6-3-10(7-13(12)18)14(22)15(23)9-1-4-11(5-2-9)24-8-16(19,20)21/h1-7,14-15,23H,8,22H2/t14-,15+/m0/s1. The van der Waals surface area contributed by atoms with E-state index < -0.39 is 24.9 Å². The predicted octanol–water partition coefficient (Wildman–Crippen LogP) is 4.67. The van der Waals surface area contributed by atoms with Crippen molar-refractivity contribution in [3.05, 3.63) is 63.6 Å². The van der Waals surface area contributed by atoms with Crippen LogP contribution in [0.2, 0.25) is 10.0 Å². The van der Waals surface area contributed by atoms with Gasteiger partial charge in [-0.05, 0) is 35.4 Å². The molecule has 0 aromatic heterocycles. The van der Waals surface area contributed by atoms with Crippen molar-refractivity contribution in [2.45, 2.75) is 18.3 Å². The first-order valence-electron chi connectivity index (χ1n) is 6.85. The van der Waals surface area contributed by atoms with Gasteiger partial charge in [0.1, 0.15) is 5.75 Å². The number of alkyl halides is 3. The maximum Gasteiger partial charge on any atom is 0.422 e. The maximum absolute atomic E-state index is 12.1. The SMILES string of the molecule is N[C@@H](c1ccc(Cl)c(Cl)c1)[C@H](O)c1ccc(OCC(F)(F)F)cc1. The summed E-state index contributed by atoms with van der Waals surface area (Å²) in [5, 5.41) is 11.0. The van der Waals surface area contributed by atoms with Crippen LogP contribution in [0, 0.1) is 0 Å². The molecule has 3 N–H and O–H groups in total. The Morgan fingerprint density at radius 3 is 2.12 bits per heavy atom. The highest BCUT2D eigenvalue weighted by Gasteiger charge is 2.28. The van der Waals surface area contributed by atoms with E-state index in [0.29, 0.717) is 21.2 Å². The fourth-order valence-electron chi connectivity index (χ4n) is 2.04. The highest BCUT2D eigenvalue weighted by atomic mass is 35.5. The third-order valence-electron chi connectivity index (χ3n) is 3.29. The predicted molar refractivity (Wildman–Crippen MR) is 86.3 cm³/mol. The molecule has 0 fully saturated rings. The third kappa shape index (κ3) is 5.01. The zero-order valence-corrected chi connectivity index (χ0v) is 13.7. The molecule has 0 aliphatic heterocycles. The summed E-state index contributed by atoms with van der Waals surface area (Å²) in [7, 11) is 0. The van der Waals surface area contributed by atoms with Gasteiger partial charge in [0.15, 0.2) is 6.61 Å². The third-order valence-corrected chi connectivity index (χ3v) is 4.03. The summed E-state index contributed by atoms with van der Waals surface area (Å²) in [5.74, 6) is 0.0476. The van der Waals surface area contributed by atoms with Crippen LogP contribution in [0.4, 0.5) is 13.2 Å². The smallest absolute Gasteiger partial charge is 0.422 e. The van der Waals surface area contributed by atoms with Crippen LogP contribution in [-0.2, 0) is 0 Å². The topological polar surface area (TPSA) is 55.5 Å². The lowest BCUT2D eigenvalue weighted by Crippen LogP contribution is -2.20. The van der Waals surface area contributed by atoms with Gasteiger partial charge in [-0.25, -0.2) is 0 Å². The highest BCUT2D eigenvalue weighted by Crippen LogP contribution is 2.31. The average Bonchev–Trinajstić information content (AvgIpc) is 2.54. The zero-order valence-electron chi connectivity index (χ0n) is 12.2. The van der Waals surface area contributed by atoms with Gasteiger partial charge in [0.05, 0.1) is 22.2 Å². The van der Waals surface area contributed by atoms with Crippen molar-refractivity contribution < 1.29 is 23.0 Å². The van der Waals surface area contributed by atoms with E-state index in [2.05, 4.69) is 4.74 Å². The van der Waals surface area contributed by atoms with Gasteiger partial charge in [0, 0.05) is 0 Å². The second-order valence-electron chi connectivity index (χ2n) is 5.12. The normalized spacial score (nSPS) is 14.3. The van der Waals surface area contributed by atoms with E-state index in [1.807, 2.05) is 0 Å². The van der Waals surface area contributed by atoms with Gasteiger partial charge in [-0.1, -0.05) is 41.4 Å². The molecule has 0 amide bonds. The van der Waals surface area contributed by atoms with Crippen molar-refractivity contribution in [1.29, 1.82) is 0 Å². The average molecular weight is 380 g/mol. The summed E-state index contributed by atoms with van der Waals surface area (Å²) in [6.07, 6.45) is -5.48. The van der Waals surface area contributed by atoms with E-state index >= 15 is 0 Å². The number of halogens is 5. The Morgan fingerprint density at radius 1 is 1.00 bits per heavy atom. The summed E-state index contributed by atoms with van der Waals surface area (Å²) in [6, 6.07) is 9.57. The number of aliphatic hydroxyl groups is 1. The lowest BCUT2D eigenvalue weighted by atomic mass is 9.96. The van der Waals surface area contributed by atoms with Crippen LogP contribution in [0.5, 0.6) is 5.75 Å². The first kappa shape index (κ1) is 18.9. The van der Waals surface area contributed by atoms with Gasteiger partial charge in [-0.15, -0.1) is 0 Å². The molecular formula is C16H14Cl2F3NO2. The monoisotopic (exact) mass is 379 g/mol. The summed E-state index contributed by atoms with van der Waals surface area (Å²) >= 11 is 11.8. The van der Waals surface area contributed by atoms with Gasteiger partial charge in [-0.2, -0.15) is 13.2 Å². The van der Waals surface area contributed by atoms with Gasteiger partial charge in [0.25, 0.3) is 0 Å². The van der Waals surface area contributed by atoms with E-state index in [0.717, 1.165) is 0 Å². The lowest BCUT2D eigenvalue weighted by Gasteiger charge is -2.20. The van der Waals surface area contributed by atoms with Crippen molar-refractivity contribution in [2.24, 2.45) is 5.73 Å². The molecular weight excluding hydrogens is 366 g/mol. The Hall–Kier alpha value is -1.47. The maximum atomic E-state index is 12.1. The molecule has 3 nitrogen and oxygen atoms in total. The summed E-state index contributed by atoms with van der Waals surface area (Å²) in [5.41, 5.74) is 7.03. The number of ether oxygens (including phenoxy) is 1. The van der Waals surface area contributed by atoms with Crippen LogP contribution in [0.15, 0.2) is 42.5 Å². The van der Waals surface area contributed by atoms with Crippen LogP contribution in [0.3, 0.4) is 0 Å². The summed E-state index contributed by atoms with van der Waals surface area (Å²) < 4.78 is 40.9. The molecule has 0 saturated heterocycles.